The first-order valence-electron chi connectivity index (χ1n) is 9.31. The Balaban J connectivity index is 0.00000210. The molecule has 6 nitrogen and oxygen atoms in total. The Kier molecular flexibility index (Phi) is 6.29. The Morgan fingerprint density at radius 2 is 2.15 bits per heavy atom. The van der Waals surface area contributed by atoms with Crippen LogP contribution in [0.5, 0.6) is 0 Å². The van der Waals surface area contributed by atoms with Gasteiger partial charge >= 0.3 is 0 Å². The molecule has 27 heavy (non-hydrogen) atoms. The molecule has 0 bridgehead atoms. The second kappa shape index (κ2) is 8.67. The highest BCUT2D eigenvalue weighted by Gasteiger charge is 2.16. The fourth-order valence-corrected chi connectivity index (χ4v) is 3.58. The van der Waals surface area contributed by atoms with Crippen molar-refractivity contribution in [3.05, 3.63) is 53.2 Å². The molecule has 0 radical (unpaired) electrons. The van der Waals surface area contributed by atoms with Crippen LogP contribution in [-0.2, 0) is 13.0 Å². The van der Waals surface area contributed by atoms with E-state index in [0.29, 0.717) is 5.82 Å². The van der Waals surface area contributed by atoms with Crippen molar-refractivity contribution in [1.82, 2.24) is 25.2 Å². The van der Waals surface area contributed by atoms with Gasteiger partial charge in [-0.1, -0.05) is 23.4 Å². The van der Waals surface area contributed by atoms with Gasteiger partial charge in [0.25, 0.3) is 0 Å². The number of rotatable bonds is 6. The molecule has 1 N–H and O–H groups in total. The second-order valence-corrected chi connectivity index (χ2v) is 7.19. The Morgan fingerprint density at radius 3 is 2.89 bits per heavy atom. The van der Waals surface area contributed by atoms with Crippen LogP contribution < -0.4 is 5.32 Å². The maximum Gasteiger partial charge on any atom is 0.226 e. The minimum Gasteiger partial charge on any atom is -0.339 e. The van der Waals surface area contributed by atoms with E-state index in [1.165, 1.54) is 12.0 Å². The molecular weight excluding hydrogens is 362 g/mol. The van der Waals surface area contributed by atoms with Crippen molar-refractivity contribution >= 4 is 12.4 Å². The number of nitrogens with one attached hydrogen (secondary N) is 1. The van der Waals surface area contributed by atoms with Crippen LogP contribution in [-0.4, -0.2) is 33.0 Å². The number of hydrogen-bond donors (Lipinski definition) is 1. The summed E-state index contributed by atoms with van der Waals surface area (Å²) in [5.74, 6) is 2.13. The smallest absolute Gasteiger partial charge is 0.226 e. The molecule has 1 unspecified atom stereocenters. The largest absolute Gasteiger partial charge is 0.339 e. The van der Waals surface area contributed by atoms with Gasteiger partial charge in [-0.2, -0.15) is 10.1 Å². The fourth-order valence-electron chi connectivity index (χ4n) is 3.58. The third kappa shape index (κ3) is 4.76. The van der Waals surface area contributed by atoms with Crippen LogP contribution in [0.3, 0.4) is 0 Å². The van der Waals surface area contributed by atoms with E-state index in [9.17, 15) is 0 Å². The fraction of sp³-hybridized carbons (Fsp3) is 0.450. The van der Waals surface area contributed by atoms with Crippen LogP contribution in [0.4, 0.5) is 0 Å². The zero-order valence-corrected chi connectivity index (χ0v) is 16.6. The van der Waals surface area contributed by atoms with E-state index in [1.807, 2.05) is 23.7 Å². The molecule has 1 saturated heterocycles. The molecule has 1 atom stereocenters. The van der Waals surface area contributed by atoms with Crippen molar-refractivity contribution < 1.29 is 4.52 Å². The maximum atomic E-state index is 5.46. The molecular formula is C20H26ClN5O. The summed E-state index contributed by atoms with van der Waals surface area (Å²) in [4.78, 5) is 4.59. The Morgan fingerprint density at radius 1 is 1.26 bits per heavy atom. The van der Waals surface area contributed by atoms with Gasteiger partial charge in [-0.15, -0.1) is 12.4 Å². The van der Waals surface area contributed by atoms with Crippen molar-refractivity contribution in [2.45, 2.75) is 39.7 Å². The van der Waals surface area contributed by atoms with Gasteiger partial charge in [-0.3, -0.25) is 4.68 Å². The van der Waals surface area contributed by atoms with Crippen molar-refractivity contribution in [3.8, 4) is 11.4 Å². The molecule has 1 fully saturated rings. The van der Waals surface area contributed by atoms with Crippen LogP contribution >= 0.6 is 12.4 Å². The SMILES string of the molecule is Cc1cc(C)n(Cc2cccc(-c3noc(CCC4CCNC4)n3)c2)n1.Cl. The van der Waals surface area contributed by atoms with E-state index < -0.39 is 0 Å². The summed E-state index contributed by atoms with van der Waals surface area (Å²) < 4.78 is 7.48. The normalized spacial score (nSPS) is 16.4. The molecule has 4 rings (SSSR count). The van der Waals surface area contributed by atoms with Crippen molar-refractivity contribution in [1.29, 1.82) is 0 Å². The van der Waals surface area contributed by atoms with Crippen LogP contribution in [0, 0.1) is 19.8 Å². The van der Waals surface area contributed by atoms with E-state index in [1.54, 1.807) is 0 Å². The van der Waals surface area contributed by atoms with Crippen molar-refractivity contribution in [2.75, 3.05) is 13.1 Å². The molecule has 0 aliphatic carbocycles. The van der Waals surface area contributed by atoms with Gasteiger partial charge in [0.15, 0.2) is 0 Å². The number of nitrogens with zero attached hydrogens (tertiary/aromatic N) is 4. The topological polar surface area (TPSA) is 68.8 Å². The maximum absolute atomic E-state index is 5.46. The zero-order chi connectivity index (χ0) is 17.9. The molecule has 1 aliphatic rings. The summed E-state index contributed by atoms with van der Waals surface area (Å²) in [7, 11) is 0. The highest BCUT2D eigenvalue weighted by atomic mass is 35.5. The molecule has 144 valence electrons. The first kappa shape index (κ1) is 19.6. The summed E-state index contributed by atoms with van der Waals surface area (Å²) in [5.41, 5.74) is 4.37. The van der Waals surface area contributed by atoms with Crippen LogP contribution in [0.15, 0.2) is 34.9 Å². The molecule has 0 amide bonds. The minimum atomic E-state index is 0. The van der Waals surface area contributed by atoms with Gasteiger partial charge in [-0.25, -0.2) is 0 Å². The lowest BCUT2D eigenvalue weighted by molar-refractivity contribution is 0.365. The van der Waals surface area contributed by atoms with Crippen molar-refractivity contribution in [2.24, 2.45) is 5.92 Å². The first-order valence-corrected chi connectivity index (χ1v) is 9.31. The number of aryl methyl sites for hydroxylation is 3. The Hall–Kier alpha value is -2.18. The monoisotopic (exact) mass is 387 g/mol. The standard InChI is InChI=1S/C20H25N5O.ClH/c1-14-10-15(2)25(23-14)13-17-4-3-5-18(11-17)20-22-19(26-24-20)7-6-16-8-9-21-12-16;/h3-5,10-11,16,21H,6-9,12-13H2,1-2H3;1H. The van der Waals surface area contributed by atoms with Gasteiger partial charge in [0.1, 0.15) is 0 Å². The lowest BCUT2D eigenvalue weighted by Gasteiger charge is -2.06. The predicted molar refractivity (Wildman–Crippen MR) is 107 cm³/mol. The molecule has 1 aromatic carbocycles. The van der Waals surface area contributed by atoms with Crippen LogP contribution in [0.1, 0.15) is 35.7 Å². The predicted octanol–water partition coefficient (Wildman–Crippen LogP) is 3.56. The lowest BCUT2D eigenvalue weighted by Crippen LogP contribution is -2.09. The van der Waals surface area contributed by atoms with Crippen LogP contribution in [0.2, 0.25) is 0 Å². The van der Waals surface area contributed by atoms with Gasteiger partial charge in [0.2, 0.25) is 11.7 Å². The van der Waals surface area contributed by atoms with Gasteiger partial charge in [-0.05, 0) is 63.4 Å². The van der Waals surface area contributed by atoms with E-state index >= 15 is 0 Å². The summed E-state index contributed by atoms with van der Waals surface area (Å²) >= 11 is 0. The lowest BCUT2D eigenvalue weighted by atomic mass is 10.0. The van der Waals surface area contributed by atoms with Gasteiger partial charge < -0.3 is 9.84 Å². The molecule has 0 spiro atoms. The van der Waals surface area contributed by atoms with Gasteiger partial charge in [0, 0.05) is 17.7 Å². The third-order valence-corrected chi connectivity index (χ3v) is 5.02. The second-order valence-electron chi connectivity index (χ2n) is 7.19. The average Bonchev–Trinajstić information content (AvgIpc) is 3.36. The van der Waals surface area contributed by atoms with E-state index in [0.717, 1.165) is 61.2 Å². The summed E-state index contributed by atoms with van der Waals surface area (Å²) in [6, 6.07) is 10.4. The number of halogens is 1. The quantitative estimate of drug-likeness (QED) is 0.700. The first-order chi connectivity index (χ1) is 12.7. The summed E-state index contributed by atoms with van der Waals surface area (Å²) in [6.45, 7) is 7.07. The average molecular weight is 388 g/mol. The van der Waals surface area contributed by atoms with Crippen LogP contribution in [0.25, 0.3) is 11.4 Å². The Labute approximate surface area is 165 Å². The highest BCUT2D eigenvalue weighted by Crippen LogP contribution is 2.20. The molecule has 3 aromatic rings. The number of hydrogen-bond acceptors (Lipinski definition) is 5. The number of benzene rings is 1. The Bertz CT molecular complexity index is 882. The zero-order valence-electron chi connectivity index (χ0n) is 15.8. The highest BCUT2D eigenvalue weighted by molar-refractivity contribution is 5.85. The minimum absolute atomic E-state index is 0. The molecule has 1 aliphatic heterocycles. The molecule has 7 heteroatoms. The molecule has 2 aromatic heterocycles. The summed E-state index contributed by atoms with van der Waals surface area (Å²) in [5, 5.41) is 12.1. The van der Waals surface area contributed by atoms with E-state index in [4.69, 9.17) is 4.52 Å². The summed E-state index contributed by atoms with van der Waals surface area (Å²) in [6.07, 6.45) is 3.20. The third-order valence-electron chi connectivity index (χ3n) is 5.02. The molecule has 3 heterocycles. The molecule has 0 saturated carbocycles. The number of aromatic nitrogens is 4. The van der Waals surface area contributed by atoms with E-state index in [2.05, 4.69) is 45.7 Å². The van der Waals surface area contributed by atoms with Gasteiger partial charge in [0.05, 0.1) is 12.2 Å². The van der Waals surface area contributed by atoms with Crippen molar-refractivity contribution in [3.63, 3.8) is 0 Å². The van der Waals surface area contributed by atoms with E-state index in [-0.39, 0.29) is 12.4 Å².